The second-order valence-electron chi connectivity index (χ2n) is 8.79. The molecule has 0 aromatic carbocycles. The summed E-state index contributed by atoms with van der Waals surface area (Å²) in [6, 6.07) is -0.590. The summed E-state index contributed by atoms with van der Waals surface area (Å²) in [4.78, 5) is 44.5. The third-order valence-corrected chi connectivity index (χ3v) is 6.07. The van der Waals surface area contributed by atoms with E-state index in [4.69, 9.17) is 11.8 Å². The van der Waals surface area contributed by atoms with Gasteiger partial charge in [-0.15, -0.1) is 0 Å². The van der Waals surface area contributed by atoms with Gasteiger partial charge in [-0.25, -0.2) is 0 Å². The standard InChI is InChI=1S/C24H46N6O5/c1-5-21(24(34)25-9-8-18-35-7-3)26-22(31)19-29-15-14-28(6-2)12-10-27(4)11-13-30(17-16-29)20-23(32)33/h4,21H,5-20H2,1-3H3,(H,25,34)(H,26,31)(H,32,33)/t21-/m1/s1. The first-order valence-corrected chi connectivity index (χ1v) is 12.8. The van der Waals surface area contributed by atoms with Crippen molar-refractivity contribution in [2.24, 2.45) is 0 Å². The second kappa shape index (κ2) is 18.5. The van der Waals surface area contributed by atoms with Crippen molar-refractivity contribution in [3.8, 4) is 0 Å². The van der Waals surface area contributed by atoms with Gasteiger partial charge in [0, 0.05) is 79.2 Å². The summed E-state index contributed by atoms with van der Waals surface area (Å²) in [6.07, 6.45) is 1.22. The fourth-order valence-corrected chi connectivity index (χ4v) is 3.83. The van der Waals surface area contributed by atoms with Crippen molar-refractivity contribution in [3.05, 3.63) is 7.05 Å². The van der Waals surface area contributed by atoms with Crippen LogP contribution in [0.5, 0.6) is 0 Å². The number of aliphatic carboxylic acids is 1. The summed E-state index contributed by atoms with van der Waals surface area (Å²) < 4.78 is 5.28. The zero-order valence-corrected chi connectivity index (χ0v) is 21.8. The number of carboxylic acid groups (broad SMARTS) is 1. The second-order valence-corrected chi connectivity index (χ2v) is 8.79. The molecule has 1 aliphatic rings. The van der Waals surface area contributed by atoms with Gasteiger partial charge < -0.3 is 25.4 Å². The number of likely N-dealkylation sites (N-methyl/N-ethyl adjacent to an activating group) is 1. The van der Waals surface area contributed by atoms with E-state index >= 15 is 0 Å². The van der Waals surface area contributed by atoms with E-state index in [1.807, 2.05) is 23.6 Å². The van der Waals surface area contributed by atoms with Crippen LogP contribution in [0.2, 0.25) is 0 Å². The highest BCUT2D eigenvalue weighted by Gasteiger charge is 2.21. The molecular weight excluding hydrogens is 452 g/mol. The first-order valence-electron chi connectivity index (χ1n) is 12.8. The smallest absolute Gasteiger partial charge is 0.317 e. The van der Waals surface area contributed by atoms with E-state index in [9.17, 15) is 19.5 Å². The van der Waals surface area contributed by atoms with E-state index in [0.29, 0.717) is 65.4 Å². The average Bonchev–Trinajstić information content (AvgIpc) is 2.82. The van der Waals surface area contributed by atoms with Gasteiger partial charge in [-0.3, -0.25) is 29.1 Å². The molecule has 11 nitrogen and oxygen atoms in total. The Balaban J connectivity index is 2.70. The minimum absolute atomic E-state index is 0.0731. The van der Waals surface area contributed by atoms with Crippen molar-refractivity contribution in [3.63, 3.8) is 0 Å². The molecule has 0 saturated carbocycles. The number of amides is 2. The van der Waals surface area contributed by atoms with Gasteiger partial charge in [-0.2, -0.15) is 0 Å². The summed E-state index contributed by atoms with van der Waals surface area (Å²) in [5.74, 6) is -1.29. The largest absolute Gasteiger partial charge is 0.480 e. The predicted molar refractivity (Wildman–Crippen MR) is 135 cm³/mol. The molecule has 11 heteroatoms. The molecular formula is C24H46N6O5. The maximum Gasteiger partial charge on any atom is 0.317 e. The highest BCUT2D eigenvalue weighted by Crippen LogP contribution is 2.01. The maximum atomic E-state index is 12.8. The van der Waals surface area contributed by atoms with E-state index in [2.05, 4.69) is 22.5 Å². The third kappa shape index (κ3) is 14.4. The molecule has 1 rings (SSSR count). The summed E-state index contributed by atoms with van der Waals surface area (Å²) in [5, 5.41) is 15.0. The van der Waals surface area contributed by atoms with Crippen molar-refractivity contribution in [1.29, 1.82) is 0 Å². The molecule has 2 amide bonds. The molecule has 0 spiro atoms. The van der Waals surface area contributed by atoms with Crippen molar-refractivity contribution >= 4 is 17.8 Å². The SMILES string of the molecule is [CH]N1CCN(CC)CCN(CC(=O)N[C@H](CC)C(=O)NCCCOCC)CCN(CC(=O)O)CC1. The lowest BCUT2D eigenvalue weighted by molar-refractivity contribution is -0.138. The van der Waals surface area contributed by atoms with Crippen LogP contribution in [0, 0.1) is 7.05 Å². The van der Waals surface area contributed by atoms with Gasteiger partial charge in [0.2, 0.25) is 11.8 Å². The van der Waals surface area contributed by atoms with Gasteiger partial charge in [0.1, 0.15) is 6.04 Å². The summed E-state index contributed by atoms with van der Waals surface area (Å²) >= 11 is 0. The number of ether oxygens (including phenoxy) is 1. The van der Waals surface area contributed by atoms with Crippen molar-refractivity contribution < 1.29 is 24.2 Å². The van der Waals surface area contributed by atoms with Crippen molar-refractivity contribution in [2.45, 2.75) is 39.7 Å². The van der Waals surface area contributed by atoms with Crippen LogP contribution in [-0.4, -0.2) is 140 Å². The van der Waals surface area contributed by atoms with Crippen LogP contribution in [0.25, 0.3) is 0 Å². The van der Waals surface area contributed by atoms with Crippen LogP contribution in [0.4, 0.5) is 0 Å². The molecule has 1 atom stereocenters. The zero-order valence-electron chi connectivity index (χ0n) is 21.8. The number of hydrogen-bond donors (Lipinski definition) is 3. The molecule has 35 heavy (non-hydrogen) atoms. The van der Waals surface area contributed by atoms with Crippen LogP contribution in [0.1, 0.15) is 33.6 Å². The van der Waals surface area contributed by atoms with Crippen molar-refractivity contribution in [2.75, 3.05) is 91.8 Å². The number of nitrogens with one attached hydrogen (secondary N) is 2. The van der Waals surface area contributed by atoms with E-state index < -0.39 is 12.0 Å². The number of carboxylic acids is 1. The molecule has 0 bridgehead atoms. The molecule has 0 unspecified atom stereocenters. The quantitative estimate of drug-likeness (QED) is 0.287. The number of carbonyl (C=O) groups excluding carboxylic acids is 2. The maximum absolute atomic E-state index is 12.8. The Labute approximate surface area is 211 Å². The predicted octanol–water partition coefficient (Wildman–Crippen LogP) is -0.581. The summed E-state index contributed by atoms with van der Waals surface area (Å²) in [7, 11) is 6.08. The van der Waals surface area contributed by atoms with Gasteiger partial charge >= 0.3 is 5.97 Å². The first kappa shape index (κ1) is 31.2. The van der Waals surface area contributed by atoms with Gasteiger partial charge in [0.25, 0.3) is 0 Å². The topological polar surface area (TPSA) is 118 Å². The molecule has 0 aromatic heterocycles. The van der Waals surface area contributed by atoms with E-state index in [1.54, 1.807) is 4.90 Å². The highest BCUT2D eigenvalue weighted by atomic mass is 16.5. The van der Waals surface area contributed by atoms with Crippen LogP contribution in [-0.2, 0) is 19.1 Å². The van der Waals surface area contributed by atoms with Gasteiger partial charge in [0.15, 0.2) is 0 Å². The monoisotopic (exact) mass is 498 g/mol. The average molecular weight is 499 g/mol. The third-order valence-electron chi connectivity index (χ3n) is 6.07. The fourth-order valence-electron chi connectivity index (χ4n) is 3.83. The number of rotatable bonds is 13. The summed E-state index contributed by atoms with van der Waals surface area (Å²) in [6.45, 7) is 13.7. The Morgan fingerprint density at radius 2 is 1.49 bits per heavy atom. The lowest BCUT2D eigenvalue weighted by Crippen LogP contribution is -2.51. The Bertz CT molecular complexity index is 623. The van der Waals surface area contributed by atoms with Gasteiger partial charge in [0.05, 0.1) is 13.1 Å². The number of carbonyl (C=O) groups is 3. The van der Waals surface area contributed by atoms with Crippen molar-refractivity contribution in [1.82, 2.24) is 30.2 Å². The molecule has 2 radical (unpaired) electrons. The Morgan fingerprint density at radius 1 is 0.914 bits per heavy atom. The molecule has 202 valence electrons. The molecule has 3 N–H and O–H groups in total. The lowest BCUT2D eigenvalue weighted by atomic mass is 10.2. The number of hydrogen-bond acceptors (Lipinski definition) is 8. The van der Waals surface area contributed by atoms with Crippen LogP contribution in [0.15, 0.2) is 0 Å². The van der Waals surface area contributed by atoms with Gasteiger partial charge in [-0.05, 0) is 26.3 Å². The summed E-state index contributed by atoms with van der Waals surface area (Å²) in [5.41, 5.74) is 0. The van der Waals surface area contributed by atoms with Gasteiger partial charge in [-0.1, -0.05) is 13.8 Å². The van der Waals surface area contributed by atoms with E-state index in [1.165, 1.54) is 0 Å². The Hall–Kier alpha value is -1.79. The molecule has 0 aromatic rings. The van der Waals surface area contributed by atoms with Crippen LogP contribution >= 0.6 is 0 Å². The highest BCUT2D eigenvalue weighted by molar-refractivity contribution is 5.88. The fraction of sp³-hybridized carbons (Fsp3) is 0.833. The molecule has 1 aliphatic heterocycles. The molecule has 0 aliphatic carbocycles. The Morgan fingerprint density at radius 3 is 2.06 bits per heavy atom. The van der Waals surface area contributed by atoms with E-state index in [0.717, 1.165) is 26.1 Å². The zero-order chi connectivity index (χ0) is 26.1. The molecule has 1 saturated heterocycles. The molecule has 1 heterocycles. The van der Waals surface area contributed by atoms with Crippen LogP contribution in [0.3, 0.4) is 0 Å². The minimum atomic E-state index is -0.889. The Kier molecular flexibility index (Phi) is 16.5. The minimum Gasteiger partial charge on any atom is -0.480 e. The normalized spacial score (nSPS) is 18.9. The van der Waals surface area contributed by atoms with E-state index in [-0.39, 0.29) is 24.9 Å². The lowest BCUT2D eigenvalue weighted by Gasteiger charge is -2.32. The molecule has 1 fully saturated rings. The first-order chi connectivity index (χ1) is 16.8. The van der Waals surface area contributed by atoms with Crippen LogP contribution < -0.4 is 10.6 Å². The number of nitrogens with zero attached hydrogens (tertiary/aromatic N) is 4.